The zero-order chi connectivity index (χ0) is 9.84. The Morgan fingerprint density at radius 3 is 2.77 bits per heavy atom. The first-order chi connectivity index (χ1) is 6.13. The highest BCUT2D eigenvalue weighted by Crippen LogP contribution is 2.18. The summed E-state index contributed by atoms with van der Waals surface area (Å²) in [5.74, 6) is 0.394. The summed E-state index contributed by atoms with van der Waals surface area (Å²) in [6.07, 6.45) is 0. The molecule has 0 atom stereocenters. The number of nitrogens with two attached hydrogens (primary N) is 1. The fourth-order valence-electron chi connectivity index (χ4n) is 0.961. The predicted molar refractivity (Wildman–Crippen MR) is 57.4 cm³/mol. The van der Waals surface area contributed by atoms with Gasteiger partial charge in [-0.1, -0.05) is 11.6 Å². The number of rotatable bonds is 1. The quantitative estimate of drug-likeness (QED) is 0.535. The maximum Gasteiger partial charge on any atom is 0.192 e. The maximum absolute atomic E-state index is 5.80. The van der Waals surface area contributed by atoms with Crippen LogP contribution >= 0.6 is 11.6 Å². The minimum Gasteiger partial charge on any atom is -0.370 e. The van der Waals surface area contributed by atoms with Gasteiger partial charge in [0.05, 0.1) is 0 Å². The van der Waals surface area contributed by atoms with Crippen molar-refractivity contribution >= 4 is 23.2 Å². The predicted octanol–water partition coefficient (Wildman–Crippen LogP) is 2.00. The molecule has 0 bridgehead atoms. The Balaban J connectivity index is 2.90. The molecule has 0 aliphatic carbocycles. The molecule has 4 heteroatoms. The van der Waals surface area contributed by atoms with E-state index in [1.165, 1.54) is 0 Å². The van der Waals surface area contributed by atoms with E-state index in [4.69, 9.17) is 17.3 Å². The number of nitrogens with zero attached hydrogens (tertiary/aromatic N) is 1. The van der Waals surface area contributed by atoms with Crippen LogP contribution in [0.25, 0.3) is 0 Å². The van der Waals surface area contributed by atoms with Crippen LogP contribution in [-0.2, 0) is 0 Å². The Hall–Kier alpha value is -1.22. The third-order valence-electron chi connectivity index (χ3n) is 1.69. The van der Waals surface area contributed by atoms with E-state index in [-0.39, 0.29) is 0 Å². The second-order valence-corrected chi connectivity index (χ2v) is 3.13. The van der Waals surface area contributed by atoms with Gasteiger partial charge in [-0.2, -0.15) is 0 Å². The van der Waals surface area contributed by atoms with Crippen molar-refractivity contribution in [3.63, 3.8) is 0 Å². The molecule has 3 nitrogen and oxygen atoms in total. The average molecular weight is 198 g/mol. The first-order valence-electron chi connectivity index (χ1n) is 3.89. The molecule has 0 saturated heterocycles. The highest BCUT2D eigenvalue weighted by Gasteiger charge is 1.99. The van der Waals surface area contributed by atoms with Crippen molar-refractivity contribution in [3.8, 4) is 0 Å². The molecule has 0 saturated carbocycles. The minimum atomic E-state index is 0.394. The lowest BCUT2D eigenvalue weighted by molar-refractivity contribution is 1.36. The van der Waals surface area contributed by atoms with Crippen LogP contribution in [0, 0.1) is 6.92 Å². The molecule has 1 aromatic rings. The second-order valence-electron chi connectivity index (χ2n) is 2.69. The van der Waals surface area contributed by atoms with Crippen LogP contribution in [-0.4, -0.2) is 13.0 Å². The van der Waals surface area contributed by atoms with E-state index in [1.807, 2.05) is 19.1 Å². The number of aliphatic imine (C=N–C) groups is 1. The summed E-state index contributed by atoms with van der Waals surface area (Å²) in [7, 11) is 1.63. The number of nitrogens with one attached hydrogen (secondary N) is 1. The van der Waals surface area contributed by atoms with Crippen molar-refractivity contribution in [2.24, 2.45) is 10.7 Å². The van der Waals surface area contributed by atoms with E-state index in [0.29, 0.717) is 5.96 Å². The van der Waals surface area contributed by atoms with Crippen LogP contribution in [0.15, 0.2) is 23.2 Å². The molecular formula is C9H12ClN3. The summed E-state index contributed by atoms with van der Waals surface area (Å²) >= 11 is 5.80. The second kappa shape index (κ2) is 4.14. The third kappa shape index (κ3) is 2.63. The zero-order valence-corrected chi connectivity index (χ0v) is 8.39. The lowest BCUT2D eigenvalue weighted by Crippen LogP contribution is -2.22. The molecule has 0 unspecified atom stereocenters. The van der Waals surface area contributed by atoms with Crippen molar-refractivity contribution in [1.29, 1.82) is 0 Å². The number of guanidine groups is 1. The highest BCUT2D eigenvalue weighted by atomic mass is 35.5. The van der Waals surface area contributed by atoms with Crippen LogP contribution in [0.1, 0.15) is 5.56 Å². The highest BCUT2D eigenvalue weighted by molar-refractivity contribution is 6.30. The van der Waals surface area contributed by atoms with Crippen LogP contribution < -0.4 is 11.1 Å². The molecule has 0 fully saturated rings. The summed E-state index contributed by atoms with van der Waals surface area (Å²) in [4.78, 5) is 3.80. The lowest BCUT2D eigenvalue weighted by Gasteiger charge is -2.07. The summed E-state index contributed by atoms with van der Waals surface area (Å²) in [6, 6.07) is 5.54. The molecule has 3 N–H and O–H groups in total. The van der Waals surface area contributed by atoms with Gasteiger partial charge in [0.25, 0.3) is 0 Å². The molecule has 70 valence electrons. The summed E-state index contributed by atoms with van der Waals surface area (Å²) < 4.78 is 0. The molecule has 0 aromatic heterocycles. The molecule has 13 heavy (non-hydrogen) atoms. The number of hydrogen-bond acceptors (Lipinski definition) is 1. The smallest absolute Gasteiger partial charge is 0.192 e. The number of anilines is 1. The Morgan fingerprint density at radius 1 is 1.54 bits per heavy atom. The van der Waals surface area contributed by atoms with E-state index in [2.05, 4.69) is 10.3 Å². The van der Waals surface area contributed by atoms with Crippen LogP contribution in [0.2, 0.25) is 5.02 Å². The summed E-state index contributed by atoms with van der Waals surface area (Å²) in [6.45, 7) is 1.96. The van der Waals surface area contributed by atoms with Gasteiger partial charge in [0.15, 0.2) is 5.96 Å². The van der Waals surface area contributed by atoms with E-state index >= 15 is 0 Å². The van der Waals surface area contributed by atoms with E-state index in [0.717, 1.165) is 16.3 Å². The van der Waals surface area contributed by atoms with Gasteiger partial charge in [0, 0.05) is 17.8 Å². The maximum atomic E-state index is 5.80. The van der Waals surface area contributed by atoms with Crippen LogP contribution in [0.5, 0.6) is 0 Å². The largest absolute Gasteiger partial charge is 0.370 e. The third-order valence-corrected chi connectivity index (χ3v) is 1.93. The van der Waals surface area contributed by atoms with Gasteiger partial charge in [-0.25, -0.2) is 0 Å². The van der Waals surface area contributed by atoms with Gasteiger partial charge < -0.3 is 11.1 Å². The Bertz CT molecular complexity index is 334. The topological polar surface area (TPSA) is 50.4 Å². The lowest BCUT2D eigenvalue weighted by atomic mass is 10.2. The fraction of sp³-hybridized carbons (Fsp3) is 0.222. The molecule has 0 radical (unpaired) electrons. The molecule has 1 rings (SSSR count). The van der Waals surface area contributed by atoms with Gasteiger partial charge in [-0.3, -0.25) is 4.99 Å². The molecule has 0 aliphatic rings. The molecule has 0 aliphatic heterocycles. The Morgan fingerprint density at radius 2 is 2.23 bits per heavy atom. The Kier molecular flexibility index (Phi) is 3.14. The molecular weight excluding hydrogens is 186 g/mol. The Labute approximate surface area is 82.6 Å². The number of benzene rings is 1. The number of hydrogen-bond donors (Lipinski definition) is 2. The van der Waals surface area contributed by atoms with Gasteiger partial charge >= 0.3 is 0 Å². The van der Waals surface area contributed by atoms with Crippen molar-refractivity contribution in [3.05, 3.63) is 28.8 Å². The normalized spacial score (nSPS) is 11.5. The first kappa shape index (κ1) is 9.86. The van der Waals surface area contributed by atoms with Gasteiger partial charge in [-0.15, -0.1) is 0 Å². The van der Waals surface area contributed by atoms with Crippen LogP contribution in [0.3, 0.4) is 0 Å². The van der Waals surface area contributed by atoms with Crippen molar-refractivity contribution in [1.82, 2.24) is 0 Å². The van der Waals surface area contributed by atoms with E-state index in [1.54, 1.807) is 13.1 Å². The number of aryl methyl sites for hydroxylation is 1. The van der Waals surface area contributed by atoms with Gasteiger partial charge in [0.2, 0.25) is 0 Å². The summed E-state index contributed by atoms with van der Waals surface area (Å²) in [5, 5.41) is 3.67. The average Bonchev–Trinajstić information content (AvgIpc) is 2.09. The molecule has 1 aromatic carbocycles. The molecule has 0 heterocycles. The zero-order valence-electron chi connectivity index (χ0n) is 7.63. The standard InChI is InChI=1S/C9H12ClN3/c1-6-5-7(10)3-4-8(6)13-9(11)12-2/h3-5H,1-2H3,(H3,11,12,13). The molecule has 0 amide bonds. The fourth-order valence-corrected chi connectivity index (χ4v) is 1.19. The summed E-state index contributed by atoms with van der Waals surface area (Å²) in [5.41, 5.74) is 7.48. The van der Waals surface area contributed by atoms with Crippen molar-refractivity contribution < 1.29 is 0 Å². The minimum absolute atomic E-state index is 0.394. The van der Waals surface area contributed by atoms with E-state index < -0.39 is 0 Å². The van der Waals surface area contributed by atoms with Crippen molar-refractivity contribution in [2.45, 2.75) is 6.92 Å². The monoisotopic (exact) mass is 197 g/mol. The SMILES string of the molecule is CN=C(N)Nc1ccc(Cl)cc1C. The first-order valence-corrected chi connectivity index (χ1v) is 4.26. The molecule has 0 spiro atoms. The van der Waals surface area contributed by atoms with Gasteiger partial charge in [0.1, 0.15) is 0 Å². The van der Waals surface area contributed by atoms with E-state index in [9.17, 15) is 0 Å². The van der Waals surface area contributed by atoms with Crippen LogP contribution in [0.4, 0.5) is 5.69 Å². The van der Waals surface area contributed by atoms with Crippen molar-refractivity contribution in [2.75, 3.05) is 12.4 Å². The van der Waals surface area contributed by atoms with Gasteiger partial charge in [-0.05, 0) is 30.7 Å². The number of halogens is 1.